The molecule has 0 atom stereocenters. The van der Waals surface area contributed by atoms with Crippen LogP contribution in [0.5, 0.6) is 0 Å². The molecule has 1 heterocycles. The molecule has 0 amide bonds. The van der Waals surface area contributed by atoms with Crippen molar-refractivity contribution in [3.63, 3.8) is 0 Å². The molecule has 0 radical (unpaired) electrons. The number of anilines is 1. The fourth-order valence-corrected chi connectivity index (χ4v) is 2.74. The number of hydrogen-bond acceptors (Lipinski definition) is 6. The lowest BCUT2D eigenvalue weighted by Gasteiger charge is -2.32. The monoisotopic (exact) mass is 373 g/mol. The molecule has 0 fully saturated rings. The number of benzene rings is 1. The Hall–Kier alpha value is -1.76. The van der Waals surface area contributed by atoms with E-state index in [-0.39, 0.29) is 37.8 Å². The summed E-state index contributed by atoms with van der Waals surface area (Å²) >= 11 is 12.1. The van der Waals surface area contributed by atoms with E-state index in [2.05, 4.69) is 0 Å². The van der Waals surface area contributed by atoms with Crippen LogP contribution < -0.4 is 4.90 Å². The summed E-state index contributed by atoms with van der Waals surface area (Å²) < 4.78 is 15.5. The molecule has 0 aliphatic carbocycles. The van der Waals surface area contributed by atoms with E-state index in [1.807, 2.05) is 0 Å². The van der Waals surface area contributed by atoms with Crippen molar-refractivity contribution in [2.24, 2.45) is 0 Å². The van der Waals surface area contributed by atoms with Gasteiger partial charge in [0.05, 0.1) is 36.1 Å². The smallest absolute Gasteiger partial charge is 0.355 e. The maximum atomic E-state index is 12.4. The number of carbonyl (C=O) groups is 2. The van der Waals surface area contributed by atoms with Crippen LogP contribution in [0.15, 0.2) is 29.5 Å². The van der Waals surface area contributed by atoms with Crippen LogP contribution in [0.25, 0.3) is 0 Å². The van der Waals surface area contributed by atoms with Gasteiger partial charge in [-0.15, -0.1) is 0 Å². The molecule has 2 rings (SSSR count). The van der Waals surface area contributed by atoms with Crippen molar-refractivity contribution in [2.75, 3.05) is 31.5 Å². The second-order valence-corrected chi connectivity index (χ2v) is 5.61. The van der Waals surface area contributed by atoms with Crippen LogP contribution in [0.3, 0.4) is 0 Å². The van der Waals surface area contributed by atoms with Crippen LogP contribution in [0.2, 0.25) is 10.0 Å². The molecule has 0 bridgehead atoms. The number of hydrogen-bond donors (Lipinski definition) is 0. The number of carbonyl (C=O) groups excluding carboxylic acids is 2. The highest BCUT2D eigenvalue weighted by Gasteiger charge is 2.33. The van der Waals surface area contributed by atoms with E-state index in [1.54, 1.807) is 32.0 Å². The largest absolute Gasteiger partial charge is 0.463 e. The number of esters is 2. The number of halogens is 2. The summed E-state index contributed by atoms with van der Waals surface area (Å²) in [6.07, 6.45) is 0. The molecule has 1 aliphatic rings. The van der Waals surface area contributed by atoms with E-state index in [1.165, 1.54) is 4.90 Å². The molecular weight excluding hydrogens is 357 g/mol. The van der Waals surface area contributed by atoms with Crippen LogP contribution in [0.4, 0.5) is 5.69 Å². The fourth-order valence-electron chi connectivity index (χ4n) is 2.23. The van der Waals surface area contributed by atoms with Gasteiger partial charge in [0.2, 0.25) is 0 Å². The predicted octanol–water partition coefficient (Wildman–Crippen LogP) is 3.17. The van der Waals surface area contributed by atoms with E-state index in [0.717, 1.165) is 0 Å². The van der Waals surface area contributed by atoms with E-state index < -0.39 is 11.9 Å². The van der Waals surface area contributed by atoms with Gasteiger partial charge in [0, 0.05) is 5.02 Å². The van der Waals surface area contributed by atoms with Crippen molar-refractivity contribution in [1.82, 2.24) is 0 Å². The van der Waals surface area contributed by atoms with Gasteiger partial charge in [-0.25, -0.2) is 9.59 Å². The number of nitrogens with zero attached hydrogens (tertiary/aromatic N) is 1. The van der Waals surface area contributed by atoms with Crippen LogP contribution in [-0.2, 0) is 23.8 Å². The second kappa shape index (κ2) is 8.37. The molecule has 1 aromatic carbocycles. The maximum absolute atomic E-state index is 12.4. The Morgan fingerprint density at radius 2 is 1.83 bits per heavy atom. The molecule has 130 valence electrons. The molecule has 0 N–H and O–H groups in total. The Labute approximate surface area is 149 Å². The van der Waals surface area contributed by atoms with Crippen LogP contribution in [0, 0.1) is 0 Å². The standard InChI is InChI=1S/C16H17Cl2NO5/c1-3-23-15(20)11-8-22-9-19(14(11)16(21)24-4-2)13-6-5-10(17)7-12(13)18/h5-7H,3-4,8-9H2,1-2H3. The summed E-state index contributed by atoms with van der Waals surface area (Å²) in [7, 11) is 0. The van der Waals surface area contributed by atoms with Gasteiger partial charge in [0.15, 0.2) is 0 Å². The third-order valence-electron chi connectivity index (χ3n) is 3.21. The molecule has 0 saturated carbocycles. The molecular formula is C16H17Cl2NO5. The Bertz CT molecular complexity index is 674. The van der Waals surface area contributed by atoms with Crippen molar-refractivity contribution in [3.05, 3.63) is 39.5 Å². The fraction of sp³-hybridized carbons (Fsp3) is 0.375. The van der Waals surface area contributed by atoms with Gasteiger partial charge in [0.25, 0.3) is 0 Å². The Balaban J connectivity index is 2.53. The second-order valence-electron chi connectivity index (χ2n) is 4.77. The molecule has 0 unspecified atom stereocenters. The first-order valence-corrected chi connectivity index (χ1v) is 8.12. The summed E-state index contributed by atoms with van der Waals surface area (Å²) in [6.45, 7) is 3.70. The van der Waals surface area contributed by atoms with Gasteiger partial charge in [-0.1, -0.05) is 23.2 Å². The zero-order valence-electron chi connectivity index (χ0n) is 13.3. The van der Waals surface area contributed by atoms with Gasteiger partial charge in [-0.2, -0.15) is 0 Å². The van der Waals surface area contributed by atoms with E-state index in [0.29, 0.717) is 15.7 Å². The summed E-state index contributed by atoms with van der Waals surface area (Å²) in [5, 5.41) is 0.770. The Morgan fingerprint density at radius 3 is 2.46 bits per heavy atom. The van der Waals surface area contributed by atoms with Crippen LogP contribution in [0.1, 0.15) is 13.8 Å². The highest BCUT2D eigenvalue weighted by molar-refractivity contribution is 6.36. The molecule has 0 saturated heterocycles. The van der Waals surface area contributed by atoms with Crippen molar-refractivity contribution in [3.8, 4) is 0 Å². The topological polar surface area (TPSA) is 65.1 Å². The summed E-state index contributed by atoms with van der Waals surface area (Å²) in [4.78, 5) is 26.1. The highest BCUT2D eigenvalue weighted by atomic mass is 35.5. The molecule has 1 aliphatic heterocycles. The lowest BCUT2D eigenvalue weighted by atomic mass is 10.1. The molecule has 1 aromatic rings. The molecule has 6 nitrogen and oxygen atoms in total. The van der Waals surface area contributed by atoms with Gasteiger partial charge in [0.1, 0.15) is 12.4 Å². The van der Waals surface area contributed by atoms with Gasteiger partial charge < -0.3 is 19.1 Å². The maximum Gasteiger partial charge on any atom is 0.355 e. The van der Waals surface area contributed by atoms with Crippen molar-refractivity contribution in [2.45, 2.75) is 13.8 Å². The van der Waals surface area contributed by atoms with Gasteiger partial charge in [-0.3, -0.25) is 0 Å². The minimum atomic E-state index is -0.644. The van der Waals surface area contributed by atoms with E-state index >= 15 is 0 Å². The average Bonchev–Trinajstić information content (AvgIpc) is 2.54. The SMILES string of the molecule is CCOC(=O)C1=C(C(=O)OCC)N(c2ccc(Cl)cc2Cl)COC1. The van der Waals surface area contributed by atoms with Gasteiger partial charge in [-0.05, 0) is 32.0 Å². The number of ether oxygens (including phenoxy) is 3. The first kappa shape index (κ1) is 18.6. The lowest BCUT2D eigenvalue weighted by molar-refractivity contribution is -0.143. The van der Waals surface area contributed by atoms with Crippen LogP contribution >= 0.6 is 23.2 Å². The van der Waals surface area contributed by atoms with Crippen molar-refractivity contribution >= 4 is 40.8 Å². The summed E-state index contributed by atoms with van der Waals surface area (Å²) in [5.74, 6) is -1.27. The number of rotatable bonds is 5. The lowest BCUT2D eigenvalue weighted by Crippen LogP contribution is -2.39. The third-order valence-corrected chi connectivity index (χ3v) is 3.75. The zero-order chi connectivity index (χ0) is 17.7. The molecule has 8 heteroatoms. The minimum Gasteiger partial charge on any atom is -0.463 e. The van der Waals surface area contributed by atoms with Gasteiger partial charge >= 0.3 is 11.9 Å². The molecule has 0 spiro atoms. The van der Waals surface area contributed by atoms with E-state index in [4.69, 9.17) is 37.4 Å². The highest BCUT2D eigenvalue weighted by Crippen LogP contribution is 2.34. The third kappa shape index (κ3) is 4.01. The van der Waals surface area contributed by atoms with Crippen LogP contribution in [-0.4, -0.2) is 38.5 Å². The van der Waals surface area contributed by atoms with E-state index in [9.17, 15) is 9.59 Å². The minimum absolute atomic E-state index is 0.0401. The van der Waals surface area contributed by atoms with Crippen molar-refractivity contribution < 1.29 is 23.8 Å². The summed E-state index contributed by atoms with van der Waals surface area (Å²) in [6, 6.07) is 4.81. The predicted molar refractivity (Wildman–Crippen MR) is 90.1 cm³/mol. The average molecular weight is 374 g/mol. The molecule has 24 heavy (non-hydrogen) atoms. The normalized spacial score (nSPS) is 14.6. The Morgan fingerprint density at radius 1 is 1.17 bits per heavy atom. The Kier molecular flexibility index (Phi) is 6.48. The van der Waals surface area contributed by atoms with Crippen molar-refractivity contribution in [1.29, 1.82) is 0 Å². The zero-order valence-corrected chi connectivity index (χ0v) is 14.8. The quantitative estimate of drug-likeness (QED) is 0.738. The first-order valence-electron chi connectivity index (χ1n) is 7.37. The molecule has 0 aromatic heterocycles. The summed E-state index contributed by atoms with van der Waals surface area (Å²) in [5.41, 5.74) is 0.629. The first-order chi connectivity index (χ1) is 11.5.